The van der Waals surface area contributed by atoms with Gasteiger partial charge >= 0.3 is 11.9 Å². The molecule has 4 nitrogen and oxygen atoms in total. The van der Waals surface area contributed by atoms with E-state index in [9.17, 15) is 9.59 Å². The lowest BCUT2D eigenvalue weighted by Gasteiger charge is -2.14. The van der Waals surface area contributed by atoms with E-state index in [0.717, 1.165) is 42.0 Å². The predicted octanol–water partition coefficient (Wildman–Crippen LogP) is 14.2. The Hall–Kier alpha value is -2.36. The zero-order valence-corrected chi connectivity index (χ0v) is 32.0. The molecule has 2 aromatic rings. The summed E-state index contributed by atoms with van der Waals surface area (Å²) in [7, 11) is 0. The minimum absolute atomic E-state index is 0.0922. The van der Waals surface area contributed by atoms with Crippen LogP contribution in [-0.2, 0) is 20.7 Å². The van der Waals surface area contributed by atoms with Crippen LogP contribution in [0.1, 0.15) is 206 Å². The largest absolute Gasteiger partial charge is 0.466 e. The Balaban J connectivity index is 1.57. The molecule has 0 bridgehead atoms. The fourth-order valence-corrected chi connectivity index (χ4v) is 6.92. The van der Waals surface area contributed by atoms with Gasteiger partial charge in [-0.2, -0.15) is 0 Å². The van der Waals surface area contributed by atoms with Crippen LogP contribution in [0.2, 0.25) is 0 Å². The molecule has 0 saturated heterocycles. The Morgan fingerprint density at radius 2 is 0.898 bits per heavy atom. The standard InChI is InChI=1S/C45H74O4/c1-3-5-7-9-11-13-15-17-19-21-23-25-27-35-44(46)48-39-31-34-42-41-33-30-29-32-40(41)37-38-43(42)49-45(47)36-28-26-24-22-20-18-16-14-12-10-8-6-4-2/h29-30,32-33,37-38H,3-28,31,34-36,39H2,1-2H3. The first-order valence-electron chi connectivity index (χ1n) is 21.0. The summed E-state index contributed by atoms with van der Waals surface area (Å²) < 4.78 is 11.5. The van der Waals surface area contributed by atoms with Crippen LogP contribution in [0.4, 0.5) is 0 Å². The molecule has 2 rings (SSSR count). The van der Waals surface area contributed by atoms with Crippen LogP contribution in [-0.4, -0.2) is 18.5 Å². The normalized spacial score (nSPS) is 11.3. The first-order chi connectivity index (χ1) is 24.2. The highest BCUT2D eigenvalue weighted by atomic mass is 16.5. The Morgan fingerprint density at radius 3 is 1.39 bits per heavy atom. The maximum atomic E-state index is 12.8. The van der Waals surface area contributed by atoms with Gasteiger partial charge in [-0.15, -0.1) is 0 Å². The predicted molar refractivity (Wildman–Crippen MR) is 209 cm³/mol. The lowest BCUT2D eigenvalue weighted by atomic mass is 10.00. The average Bonchev–Trinajstić information content (AvgIpc) is 3.11. The summed E-state index contributed by atoms with van der Waals surface area (Å²) in [5.74, 6) is 0.408. The molecule has 0 aliphatic carbocycles. The molecule has 0 saturated carbocycles. The van der Waals surface area contributed by atoms with Crippen molar-refractivity contribution in [3.05, 3.63) is 42.0 Å². The van der Waals surface area contributed by atoms with Crippen LogP contribution in [0.25, 0.3) is 10.8 Å². The summed E-state index contributed by atoms with van der Waals surface area (Å²) in [6.07, 6.45) is 36.0. The van der Waals surface area contributed by atoms with Crippen LogP contribution in [0.15, 0.2) is 36.4 Å². The number of carbonyl (C=O) groups is 2. The molecule has 0 aliphatic rings. The van der Waals surface area contributed by atoms with Gasteiger partial charge in [-0.1, -0.05) is 198 Å². The van der Waals surface area contributed by atoms with E-state index in [2.05, 4.69) is 26.0 Å². The number of carbonyl (C=O) groups excluding carboxylic acids is 2. The minimum atomic E-state index is -0.149. The second-order valence-corrected chi connectivity index (χ2v) is 14.5. The summed E-state index contributed by atoms with van der Waals surface area (Å²) in [5, 5.41) is 2.24. The number of fused-ring (bicyclic) bond motifs is 1. The van der Waals surface area contributed by atoms with Crippen molar-refractivity contribution in [3.8, 4) is 5.75 Å². The first-order valence-corrected chi connectivity index (χ1v) is 21.0. The summed E-state index contributed by atoms with van der Waals surface area (Å²) in [6, 6.07) is 12.2. The van der Waals surface area contributed by atoms with E-state index in [-0.39, 0.29) is 11.9 Å². The van der Waals surface area contributed by atoms with Crippen LogP contribution in [0.5, 0.6) is 5.75 Å². The molecule has 2 aromatic carbocycles. The van der Waals surface area contributed by atoms with Crippen molar-refractivity contribution in [2.45, 2.75) is 206 Å². The number of rotatable bonds is 33. The second-order valence-electron chi connectivity index (χ2n) is 14.5. The second kappa shape index (κ2) is 30.5. The third kappa shape index (κ3) is 22.2. The topological polar surface area (TPSA) is 52.6 Å². The molecule has 0 atom stereocenters. The SMILES string of the molecule is CCCCCCCCCCCCCCCC(=O)OCCCc1c(OC(=O)CCCCCCCCCCCCCCC)ccc2ccccc12. The molecule has 0 spiro atoms. The van der Waals surface area contributed by atoms with Gasteiger partial charge in [-0.25, -0.2) is 0 Å². The fraction of sp³-hybridized carbons (Fsp3) is 0.733. The molecule has 278 valence electrons. The first kappa shape index (κ1) is 42.8. The molecular formula is C45H74O4. The average molecular weight is 679 g/mol. The van der Waals surface area contributed by atoms with Gasteiger partial charge in [0.05, 0.1) is 6.61 Å². The van der Waals surface area contributed by atoms with Gasteiger partial charge in [0.15, 0.2) is 0 Å². The van der Waals surface area contributed by atoms with E-state index in [1.807, 2.05) is 24.3 Å². The highest BCUT2D eigenvalue weighted by Gasteiger charge is 2.13. The number of ether oxygens (including phenoxy) is 2. The number of benzene rings is 2. The van der Waals surface area contributed by atoms with Crippen molar-refractivity contribution >= 4 is 22.7 Å². The summed E-state index contributed by atoms with van der Waals surface area (Å²) in [6.45, 7) is 4.94. The molecule has 0 aliphatic heterocycles. The third-order valence-corrected chi connectivity index (χ3v) is 10.0. The number of hydrogen-bond donors (Lipinski definition) is 0. The van der Waals surface area contributed by atoms with E-state index >= 15 is 0 Å². The van der Waals surface area contributed by atoms with Crippen molar-refractivity contribution in [1.82, 2.24) is 0 Å². The smallest absolute Gasteiger partial charge is 0.311 e. The number of hydrogen-bond acceptors (Lipinski definition) is 4. The monoisotopic (exact) mass is 679 g/mol. The van der Waals surface area contributed by atoms with Gasteiger partial charge < -0.3 is 9.47 Å². The Morgan fingerprint density at radius 1 is 0.469 bits per heavy atom. The van der Waals surface area contributed by atoms with E-state index in [1.54, 1.807) is 0 Å². The molecule has 0 N–H and O–H groups in total. The maximum absolute atomic E-state index is 12.8. The minimum Gasteiger partial charge on any atom is -0.466 e. The molecule has 49 heavy (non-hydrogen) atoms. The molecule has 0 aromatic heterocycles. The van der Waals surface area contributed by atoms with Crippen LogP contribution >= 0.6 is 0 Å². The zero-order chi connectivity index (χ0) is 35.0. The van der Waals surface area contributed by atoms with Crippen LogP contribution in [0.3, 0.4) is 0 Å². The third-order valence-electron chi connectivity index (χ3n) is 10.0. The van der Waals surface area contributed by atoms with Gasteiger partial charge in [0.2, 0.25) is 0 Å². The lowest BCUT2D eigenvalue weighted by molar-refractivity contribution is -0.143. The van der Waals surface area contributed by atoms with E-state index in [4.69, 9.17) is 9.47 Å². The summed E-state index contributed by atoms with van der Waals surface area (Å²) in [5.41, 5.74) is 1.03. The lowest BCUT2D eigenvalue weighted by Crippen LogP contribution is -2.10. The Bertz CT molecular complexity index is 1090. The van der Waals surface area contributed by atoms with E-state index < -0.39 is 0 Å². The van der Waals surface area contributed by atoms with Crippen molar-refractivity contribution in [2.24, 2.45) is 0 Å². The Kier molecular flexibility index (Phi) is 26.6. The van der Waals surface area contributed by atoms with Gasteiger partial charge in [0.1, 0.15) is 5.75 Å². The van der Waals surface area contributed by atoms with Crippen molar-refractivity contribution in [1.29, 1.82) is 0 Å². The molecule has 0 amide bonds. The van der Waals surface area contributed by atoms with Gasteiger partial charge in [-0.05, 0) is 42.5 Å². The number of aryl methyl sites for hydroxylation is 1. The molecule has 0 fully saturated rings. The van der Waals surface area contributed by atoms with Crippen LogP contribution in [0, 0.1) is 0 Å². The van der Waals surface area contributed by atoms with Crippen LogP contribution < -0.4 is 4.74 Å². The Labute approximate surface area is 301 Å². The number of unbranched alkanes of at least 4 members (excludes halogenated alkanes) is 24. The van der Waals surface area contributed by atoms with Crippen molar-refractivity contribution < 1.29 is 19.1 Å². The molecule has 4 heteroatoms. The highest BCUT2D eigenvalue weighted by molar-refractivity contribution is 5.88. The molecular weight excluding hydrogens is 604 g/mol. The molecule has 0 heterocycles. The number of esters is 2. The maximum Gasteiger partial charge on any atom is 0.311 e. The fourth-order valence-electron chi connectivity index (χ4n) is 6.92. The van der Waals surface area contributed by atoms with Crippen molar-refractivity contribution in [3.63, 3.8) is 0 Å². The van der Waals surface area contributed by atoms with Gasteiger partial charge in [0, 0.05) is 18.4 Å². The zero-order valence-electron chi connectivity index (χ0n) is 32.0. The van der Waals surface area contributed by atoms with Crippen molar-refractivity contribution in [2.75, 3.05) is 6.61 Å². The quantitative estimate of drug-likeness (QED) is 0.0428. The van der Waals surface area contributed by atoms with Gasteiger partial charge in [0.25, 0.3) is 0 Å². The molecule has 0 radical (unpaired) electrons. The summed E-state index contributed by atoms with van der Waals surface area (Å²) >= 11 is 0. The molecule has 0 unspecified atom stereocenters. The van der Waals surface area contributed by atoms with Gasteiger partial charge in [-0.3, -0.25) is 9.59 Å². The summed E-state index contributed by atoms with van der Waals surface area (Å²) in [4.78, 5) is 25.2. The highest BCUT2D eigenvalue weighted by Crippen LogP contribution is 2.30. The van der Waals surface area contributed by atoms with E-state index in [1.165, 1.54) is 141 Å². The van der Waals surface area contributed by atoms with E-state index in [0.29, 0.717) is 38.0 Å².